The van der Waals surface area contributed by atoms with Gasteiger partial charge in [-0.1, -0.05) is 62.4 Å². The minimum Gasteiger partial charge on any atom is -0.344 e. The van der Waals surface area contributed by atoms with Crippen LogP contribution in [0.15, 0.2) is 84.6 Å². The summed E-state index contributed by atoms with van der Waals surface area (Å²) in [5.41, 5.74) is 6.22. The predicted molar refractivity (Wildman–Crippen MR) is 182 cm³/mol. The number of hydrogen-bond donors (Lipinski definition) is 2. The molecule has 3 aromatic rings. The molecule has 0 aliphatic carbocycles. The molecule has 0 aromatic heterocycles. The van der Waals surface area contributed by atoms with E-state index in [2.05, 4.69) is 97.9 Å². The van der Waals surface area contributed by atoms with Crippen LogP contribution in [0.1, 0.15) is 64.5 Å². The second-order valence-corrected chi connectivity index (χ2v) is 16.2. The van der Waals surface area contributed by atoms with Crippen LogP contribution < -0.4 is 4.90 Å². The summed E-state index contributed by atoms with van der Waals surface area (Å²) >= 11 is 0. The van der Waals surface area contributed by atoms with E-state index in [4.69, 9.17) is 0 Å². The number of nitrogens with zero attached hydrogens (tertiary/aromatic N) is 2. The van der Waals surface area contributed by atoms with Crippen molar-refractivity contribution in [1.29, 1.82) is 0 Å². The van der Waals surface area contributed by atoms with Crippen LogP contribution in [0, 0.1) is 0 Å². The first-order valence-corrected chi connectivity index (χ1v) is 18.7. The maximum absolute atomic E-state index is 11.4. The lowest BCUT2D eigenvalue weighted by atomic mass is 9.79. The van der Waals surface area contributed by atoms with E-state index in [-0.39, 0.29) is 22.3 Å². The molecule has 0 atom stereocenters. The molecule has 240 valence electrons. The van der Waals surface area contributed by atoms with Gasteiger partial charge < -0.3 is 4.90 Å². The Labute approximate surface area is 267 Å². The van der Waals surface area contributed by atoms with Gasteiger partial charge in [0.05, 0.1) is 16.9 Å². The standard InChI is InChI=1S/C35H42N2O6S2/c1-34(2)28-16-7-8-17-29(28)36(22-9-11-24-44(38,39)40)31(34)18-13-19-32-35(3,4)33-27-15-6-5-14-26(27)20-21-30(33)37(32)23-10-12-25-45(41,42)43/h5-8,13-21H,9-12,22-25H2,1-4H3,(H-,38,39,40,41,42,43)/p+1. The molecule has 0 spiro atoms. The van der Waals surface area contributed by atoms with Gasteiger partial charge in [0.15, 0.2) is 5.71 Å². The molecule has 3 aromatic carbocycles. The highest BCUT2D eigenvalue weighted by molar-refractivity contribution is 7.86. The third kappa shape index (κ3) is 6.94. The number of unbranched alkanes of at least 4 members (excludes halogenated alkanes) is 2. The molecule has 0 unspecified atom stereocenters. The zero-order valence-electron chi connectivity index (χ0n) is 26.4. The first kappa shape index (κ1) is 33.1. The van der Waals surface area contributed by atoms with Gasteiger partial charge in [-0.05, 0) is 67.7 Å². The van der Waals surface area contributed by atoms with Gasteiger partial charge in [-0.25, -0.2) is 0 Å². The van der Waals surface area contributed by atoms with Crippen LogP contribution in [0.2, 0.25) is 0 Å². The summed E-state index contributed by atoms with van der Waals surface area (Å²) in [5, 5.41) is 2.35. The van der Waals surface area contributed by atoms with Crippen LogP contribution in [0.4, 0.5) is 11.4 Å². The van der Waals surface area contributed by atoms with E-state index in [0.717, 1.165) is 28.2 Å². The average molecular weight is 652 g/mol. The van der Waals surface area contributed by atoms with Crippen LogP contribution in [-0.4, -0.2) is 60.8 Å². The van der Waals surface area contributed by atoms with Gasteiger partial charge in [0.1, 0.15) is 6.54 Å². The van der Waals surface area contributed by atoms with Crippen molar-refractivity contribution in [2.24, 2.45) is 0 Å². The van der Waals surface area contributed by atoms with Crippen LogP contribution in [0.25, 0.3) is 10.8 Å². The Morgan fingerprint density at radius 3 is 2.13 bits per heavy atom. The van der Waals surface area contributed by atoms with Crippen molar-refractivity contribution in [3.63, 3.8) is 0 Å². The Kier molecular flexibility index (Phi) is 9.16. The number of para-hydroxylation sites is 1. The van der Waals surface area contributed by atoms with E-state index in [1.54, 1.807) is 0 Å². The molecule has 0 saturated carbocycles. The van der Waals surface area contributed by atoms with Gasteiger partial charge in [-0.3, -0.25) is 9.11 Å². The summed E-state index contributed by atoms with van der Waals surface area (Å²) in [6.45, 7) is 10.1. The Morgan fingerprint density at radius 2 is 1.42 bits per heavy atom. The smallest absolute Gasteiger partial charge is 0.264 e. The summed E-state index contributed by atoms with van der Waals surface area (Å²) in [6.07, 6.45) is 8.31. The highest BCUT2D eigenvalue weighted by Gasteiger charge is 2.45. The van der Waals surface area contributed by atoms with Gasteiger partial charge in [-0.2, -0.15) is 21.4 Å². The van der Waals surface area contributed by atoms with E-state index in [1.165, 1.54) is 16.5 Å². The zero-order valence-corrected chi connectivity index (χ0v) is 28.0. The minimum atomic E-state index is -4.02. The molecule has 0 radical (unpaired) electrons. The summed E-state index contributed by atoms with van der Waals surface area (Å²) in [5.74, 6) is -0.519. The lowest BCUT2D eigenvalue weighted by Gasteiger charge is -2.27. The van der Waals surface area contributed by atoms with Gasteiger partial charge in [0.25, 0.3) is 20.2 Å². The predicted octanol–water partition coefficient (Wildman–Crippen LogP) is 6.79. The van der Waals surface area contributed by atoms with Crippen molar-refractivity contribution in [2.75, 3.05) is 29.5 Å². The van der Waals surface area contributed by atoms with E-state index >= 15 is 0 Å². The highest BCUT2D eigenvalue weighted by Crippen LogP contribution is 2.48. The first-order chi connectivity index (χ1) is 21.1. The molecule has 5 rings (SSSR count). The number of hydrogen-bond acceptors (Lipinski definition) is 5. The fourth-order valence-corrected chi connectivity index (χ4v) is 8.14. The molecule has 0 fully saturated rings. The molecular formula is C35H43N2O6S2+. The van der Waals surface area contributed by atoms with Crippen LogP contribution in [0.5, 0.6) is 0 Å². The Morgan fingerprint density at radius 1 is 0.778 bits per heavy atom. The molecule has 45 heavy (non-hydrogen) atoms. The van der Waals surface area contributed by atoms with Gasteiger partial charge in [-0.15, -0.1) is 0 Å². The molecule has 8 nitrogen and oxygen atoms in total. The number of allylic oxidation sites excluding steroid dienone is 4. The van der Waals surface area contributed by atoms with E-state index in [1.807, 2.05) is 18.2 Å². The third-order valence-electron chi connectivity index (χ3n) is 9.13. The minimum absolute atomic E-state index is 0.256. The summed E-state index contributed by atoms with van der Waals surface area (Å²) < 4.78 is 66.1. The normalized spacial score (nSPS) is 18.4. The molecule has 2 heterocycles. The van der Waals surface area contributed by atoms with Crippen molar-refractivity contribution < 1.29 is 30.5 Å². The number of benzene rings is 3. The second-order valence-electron chi connectivity index (χ2n) is 13.0. The van der Waals surface area contributed by atoms with E-state index < -0.39 is 20.2 Å². The number of rotatable bonds is 12. The Balaban J connectivity index is 1.52. The SMILES string of the molecule is CC1(C)C(=CC=CC2=[N+](CCCCS(=O)(=O)O)c3ccc4ccccc4c3C2(C)C)N(CCCCS(=O)(=O)O)c2ccccc21. The molecule has 10 heteroatoms. The van der Waals surface area contributed by atoms with Gasteiger partial charge in [0.2, 0.25) is 5.69 Å². The monoisotopic (exact) mass is 651 g/mol. The third-order valence-corrected chi connectivity index (χ3v) is 10.7. The molecule has 2 N–H and O–H groups in total. The fraction of sp³-hybridized carbons (Fsp3) is 0.400. The topological polar surface area (TPSA) is 115 Å². The summed E-state index contributed by atoms with van der Waals surface area (Å²) in [6, 6.07) is 20.9. The molecule has 0 amide bonds. The maximum Gasteiger partial charge on any atom is 0.264 e. The van der Waals surface area contributed by atoms with Crippen molar-refractivity contribution >= 4 is 48.1 Å². The largest absolute Gasteiger partial charge is 0.344 e. The zero-order chi connectivity index (χ0) is 32.6. The number of anilines is 1. The van der Waals surface area contributed by atoms with Gasteiger partial charge in [0, 0.05) is 47.5 Å². The summed E-state index contributed by atoms with van der Waals surface area (Å²) in [4.78, 5) is 2.25. The Bertz CT molecular complexity index is 1920. The second kappa shape index (κ2) is 12.5. The molecule has 2 aliphatic heterocycles. The van der Waals surface area contributed by atoms with Crippen molar-refractivity contribution in [3.05, 3.63) is 95.7 Å². The molecule has 2 aliphatic rings. The molecule has 0 bridgehead atoms. The van der Waals surface area contributed by atoms with E-state index in [9.17, 15) is 25.9 Å². The van der Waals surface area contributed by atoms with Crippen LogP contribution in [-0.2, 0) is 31.1 Å². The quantitative estimate of drug-likeness (QED) is 0.126. The van der Waals surface area contributed by atoms with Crippen molar-refractivity contribution in [1.82, 2.24) is 0 Å². The van der Waals surface area contributed by atoms with Gasteiger partial charge >= 0.3 is 0 Å². The highest BCUT2D eigenvalue weighted by atomic mass is 32.2. The Hall–Kier alpha value is -3.31. The lowest BCUT2D eigenvalue weighted by Crippen LogP contribution is -2.28. The lowest BCUT2D eigenvalue weighted by molar-refractivity contribution is -0.438. The van der Waals surface area contributed by atoms with E-state index in [0.29, 0.717) is 38.8 Å². The van der Waals surface area contributed by atoms with Crippen LogP contribution >= 0.6 is 0 Å². The fourth-order valence-electron chi connectivity index (χ4n) is 7.00. The van der Waals surface area contributed by atoms with Crippen molar-refractivity contribution in [3.8, 4) is 0 Å². The maximum atomic E-state index is 11.4. The first-order valence-electron chi connectivity index (χ1n) is 15.4. The summed E-state index contributed by atoms with van der Waals surface area (Å²) in [7, 11) is -8.02. The number of fused-ring (bicyclic) bond motifs is 4. The molecule has 0 saturated heterocycles. The molecular weight excluding hydrogens is 609 g/mol. The van der Waals surface area contributed by atoms with Crippen LogP contribution in [0.3, 0.4) is 0 Å². The average Bonchev–Trinajstić information content (AvgIpc) is 3.31. The van der Waals surface area contributed by atoms with Crippen molar-refractivity contribution in [2.45, 2.75) is 64.2 Å².